The van der Waals surface area contributed by atoms with Crippen molar-refractivity contribution in [2.45, 2.75) is 193 Å². The lowest BCUT2D eigenvalue weighted by molar-refractivity contribution is -0.367. The molecule has 8 aliphatic rings. The molecule has 16 heteroatoms. The molecule has 8 rings (SSSR count). The van der Waals surface area contributed by atoms with Crippen molar-refractivity contribution in [2.24, 2.45) is 50.2 Å². The van der Waals surface area contributed by atoms with Crippen LogP contribution in [0, 0.1) is 50.2 Å². The van der Waals surface area contributed by atoms with Gasteiger partial charge in [0.2, 0.25) is 12.1 Å². The topological polar surface area (TPSA) is 251 Å². The highest BCUT2D eigenvalue weighted by molar-refractivity contribution is 5.94. The fourth-order valence-electron chi connectivity index (χ4n) is 14.6. The number of hydrogen-bond acceptors (Lipinski definition) is 15. The quantitative estimate of drug-likeness (QED) is 0.128. The Balaban J connectivity index is 1.06. The molecule has 16 nitrogen and oxygen atoms in total. The van der Waals surface area contributed by atoms with Crippen LogP contribution in [0.15, 0.2) is 23.2 Å². The third-order valence-corrected chi connectivity index (χ3v) is 18.6. The number of carboxylic acid groups (broad SMARTS) is 1. The summed E-state index contributed by atoms with van der Waals surface area (Å²) in [4.78, 5) is 24.9. The van der Waals surface area contributed by atoms with Gasteiger partial charge in [-0.25, -0.2) is 4.79 Å². The van der Waals surface area contributed by atoms with Gasteiger partial charge < -0.3 is 69.3 Å². The first kappa shape index (κ1) is 47.3. The van der Waals surface area contributed by atoms with Gasteiger partial charge in [0, 0.05) is 10.8 Å². The fraction of sp³-hybridized carbons (Fsp3) is 0.872. The second-order valence-electron chi connectivity index (χ2n) is 22.6. The van der Waals surface area contributed by atoms with E-state index in [9.17, 15) is 50.4 Å². The molecule has 0 aromatic rings. The maximum absolute atomic E-state index is 12.6. The van der Waals surface area contributed by atoms with Crippen LogP contribution in [0.4, 0.5) is 0 Å². The van der Waals surface area contributed by atoms with Gasteiger partial charge >= 0.3 is 5.97 Å². The number of ether oxygens (including phenoxy) is 6. The number of carboxylic acids is 1. The smallest absolute Gasteiger partial charge is 0.335 e. The molecule has 1 unspecified atom stereocenters. The largest absolute Gasteiger partial charge is 0.502 e. The Morgan fingerprint density at radius 1 is 0.810 bits per heavy atom. The third kappa shape index (κ3) is 7.35. The number of allylic oxidation sites excluding steroid dienone is 4. The summed E-state index contributed by atoms with van der Waals surface area (Å²) in [6.07, 6.45) is -6.81. The molecule has 4 saturated carbocycles. The number of rotatable bonds is 8. The molecule has 0 aromatic carbocycles. The molecule has 5 aliphatic carbocycles. The van der Waals surface area contributed by atoms with E-state index in [1.54, 1.807) is 6.92 Å². The van der Waals surface area contributed by atoms with Gasteiger partial charge in [-0.3, -0.25) is 4.79 Å². The summed E-state index contributed by atoms with van der Waals surface area (Å²) < 4.78 is 36.6. The highest BCUT2D eigenvalue weighted by Gasteiger charge is 2.70. The van der Waals surface area contributed by atoms with Crippen molar-refractivity contribution in [3.8, 4) is 0 Å². The molecule has 6 fully saturated rings. The van der Waals surface area contributed by atoms with Gasteiger partial charge in [0.25, 0.3) is 0 Å². The van der Waals surface area contributed by atoms with Crippen molar-refractivity contribution < 1.29 is 78.9 Å². The number of aliphatic hydroxyl groups is 7. The van der Waals surface area contributed by atoms with Gasteiger partial charge in [-0.05, 0) is 104 Å². The number of carbonyl (C=O) groups is 2. The summed E-state index contributed by atoms with van der Waals surface area (Å²) in [6, 6.07) is 0. The van der Waals surface area contributed by atoms with E-state index < -0.39 is 85.7 Å². The molecule has 3 aliphatic heterocycles. The first-order chi connectivity index (χ1) is 29.3. The van der Waals surface area contributed by atoms with Crippen LogP contribution in [0.5, 0.6) is 0 Å². The average molecular weight is 893 g/mol. The Bertz CT molecular complexity index is 1850. The first-order valence-electron chi connectivity index (χ1n) is 23.1. The zero-order chi connectivity index (χ0) is 46.0. The molecule has 8 N–H and O–H groups in total. The molecule has 0 amide bonds. The van der Waals surface area contributed by atoms with Crippen molar-refractivity contribution in [3.05, 3.63) is 23.2 Å². The lowest BCUT2D eigenvalue weighted by Crippen LogP contribution is -2.67. The number of hydrogen-bond donors (Lipinski definition) is 8. The van der Waals surface area contributed by atoms with Crippen molar-refractivity contribution in [1.29, 1.82) is 0 Å². The Morgan fingerprint density at radius 2 is 1.52 bits per heavy atom. The van der Waals surface area contributed by atoms with E-state index in [2.05, 4.69) is 47.6 Å². The normalized spacial score (nSPS) is 52.1. The predicted octanol–water partition coefficient (Wildman–Crippen LogP) is 3.62. The summed E-state index contributed by atoms with van der Waals surface area (Å²) in [5, 5.41) is 84.6. The van der Waals surface area contributed by atoms with Gasteiger partial charge in [-0.15, -0.1) is 0 Å². The average Bonchev–Trinajstić information content (AvgIpc) is 3.21. The maximum Gasteiger partial charge on any atom is 0.335 e. The molecule has 3 heterocycles. The van der Waals surface area contributed by atoms with Crippen LogP contribution in [-0.4, -0.2) is 140 Å². The standard InChI is InChI=1S/C47H72O16/c1-22-32(51)25(49)17-31(59-22)60-30-19-42(2,3)18-24-23-9-10-28-44(5)13-12-29(45(6,21-48)27(44)11-14-47(28,8)46(23,7)16-15-43(24,30)4)61-41-38(35(54)34(53)37(62-41)39(56)57)63-40-36(55)33(52)26(50)20-58-40/h9,24,26-31,33-38,40-41,48,50-55H,10-21H2,1-8H3,(H,56,57)/t24-,26-,27+,28+,29-,30+,31?,33-,34-,35-,36+,37-,38+,40-,41+,43+,44-,45+,46+,47+/m0/s1. The molecule has 0 aromatic heterocycles. The minimum atomic E-state index is -1.94. The Morgan fingerprint density at radius 3 is 2.19 bits per heavy atom. The number of fused-ring (bicyclic) bond motifs is 7. The molecule has 0 spiro atoms. The van der Waals surface area contributed by atoms with E-state index in [-0.39, 0.29) is 81.3 Å². The van der Waals surface area contributed by atoms with Crippen LogP contribution >= 0.6 is 0 Å². The van der Waals surface area contributed by atoms with Crippen LogP contribution < -0.4 is 0 Å². The molecular formula is C47H72O16. The van der Waals surface area contributed by atoms with E-state index in [1.807, 2.05) is 6.92 Å². The zero-order valence-corrected chi connectivity index (χ0v) is 38.1. The predicted molar refractivity (Wildman–Crippen MR) is 222 cm³/mol. The molecule has 0 bridgehead atoms. The maximum atomic E-state index is 12.6. The highest BCUT2D eigenvalue weighted by Crippen LogP contribution is 2.76. The number of carbonyl (C=O) groups excluding carboxylic acids is 1. The van der Waals surface area contributed by atoms with E-state index in [0.29, 0.717) is 6.42 Å². The first-order valence-corrected chi connectivity index (χ1v) is 23.1. The molecule has 20 atom stereocenters. The van der Waals surface area contributed by atoms with Crippen molar-refractivity contribution in [1.82, 2.24) is 0 Å². The van der Waals surface area contributed by atoms with E-state index in [1.165, 1.54) is 5.57 Å². The van der Waals surface area contributed by atoms with Crippen LogP contribution in [-0.2, 0) is 38.0 Å². The fourth-order valence-corrected chi connectivity index (χ4v) is 14.6. The van der Waals surface area contributed by atoms with Crippen molar-refractivity contribution in [2.75, 3.05) is 13.2 Å². The lowest BCUT2D eigenvalue weighted by atomic mass is 9.33. The van der Waals surface area contributed by atoms with Crippen LogP contribution in [0.2, 0.25) is 0 Å². The minimum Gasteiger partial charge on any atom is -0.502 e. The summed E-state index contributed by atoms with van der Waals surface area (Å²) in [5.41, 5.74) is -0.0649. The molecule has 0 radical (unpaired) electrons. The Labute approximate surface area is 369 Å². The summed E-state index contributed by atoms with van der Waals surface area (Å²) in [5.74, 6) is -1.57. The lowest BCUT2D eigenvalue weighted by Gasteiger charge is -2.72. The Kier molecular flexibility index (Phi) is 12.2. The SMILES string of the molecule is CC1=C(O)C(=O)CC(O[C@@H]2CC(C)(C)C[C@H]3C4=CC[C@@H]5[C@@]6(C)CC[C@H](O[C@@H]7O[C@H](C(=O)O)[C@@H](O)[C@H](O)[C@H]7O[C@@H]7OC[C@H](O)[C@H](O)[C@H]7O)[C@](C)(CO)[C@@H]6CC[C@@]5(C)[C@]4(C)CC[C@@]23C)O1. The monoisotopic (exact) mass is 892 g/mol. The van der Waals surface area contributed by atoms with Gasteiger partial charge in [-0.1, -0.05) is 60.1 Å². The molecule has 2 saturated heterocycles. The van der Waals surface area contributed by atoms with Gasteiger partial charge in [0.05, 0.1) is 31.8 Å². The summed E-state index contributed by atoms with van der Waals surface area (Å²) in [7, 11) is 0. The number of aliphatic carboxylic acids is 1. The van der Waals surface area contributed by atoms with Crippen LogP contribution in [0.25, 0.3) is 0 Å². The van der Waals surface area contributed by atoms with Gasteiger partial charge in [-0.2, -0.15) is 0 Å². The van der Waals surface area contributed by atoms with Gasteiger partial charge in [0.1, 0.15) is 42.4 Å². The summed E-state index contributed by atoms with van der Waals surface area (Å²) >= 11 is 0. The summed E-state index contributed by atoms with van der Waals surface area (Å²) in [6.45, 7) is 17.2. The highest BCUT2D eigenvalue weighted by atomic mass is 16.8. The number of Topliss-reactive ketones (excluding diaryl/α,β-unsaturated/α-hetero) is 1. The number of aliphatic hydroxyl groups excluding tert-OH is 7. The minimum absolute atomic E-state index is 0.0221. The van der Waals surface area contributed by atoms with Crippen LogP contribution in [0.1, 0.15) is 120 Å². The molecular weight excluding hydrogens is 821 g/mol. The number of ketones is 1. The molecule has 356 valence electrons. The zero-order valence-electron chi connectivity index (χ0n) is 38.1. The third-order valence-electron chi connectivity index (χ3n) is 18.6. The second-order valence-corrected chi connectivity index (χ2v) is 22.6. The van der Waals surface area contributed by atoms with E-state index in [4.69, 9.17) is 28.4 Å². The molecule has 63 heavy (non-hydrogen) atoms. The Hall–Kier alpha value is -2.22. The van der Waals surface area contributed by atoms with Crippen LogP contribution in [0.3, 0.4) is 0 Å². The van der Waals surface area contributed by atoms with E-state index >= 15 is 0 Å². The van der Waals surface area contributed by atoms with Crippen molar-refractivity contribution >= 4 is 11.8 Å². The second kappa shape index (κ2) is 16.2. The van der Waals surface area contributed by atoms with Crippen molar-refractivity contribution in [3.63, 3.8) is 0 Å². The van der Waals surface area contributed by atoms with E-state index in [0.717, 1.165) is 51.4 Å². The van der Waals surface area contributed by atoms with Gasteiger partial charge in [0.15, 0.2) is 24.4 Å².